The number of hydrogen-bond acceptors (Lipinski definition) is 5. The van der Waals surface area contributed by atoms with Crippen molar-refractivity contribution in [3.8, 4) is 0 Å². The van der Waals surface area contributed by atoms with Gasteiger partial charge in [-0.15, -0.1) is 5.10 Å². The maximum absolute atomic E-state index is 4.37. The van der Waals surface area contributed by atoms with Crippen LogP contribution in [0.2, 0.25) is 0 Å². The number of tetrazole rings is 1. The highest BCUT2D eigenvalue weighted by molar-refractivity contribution is 4.96. The molecule has 0 saturated carbocycles. The average molecular weight is 261 g/mol. The largest absolute Gasteiger partial charge is 0.333 e. The lowest BCUT2D eigenvalue weighted by Gasteiger charge is -2.26. The van der Waals surface area contributed by atoms with Gasteiger partial charge >= 0.3 is 0 Å². The highest BCUT2D eigenvalue weighted by atomic mass is 15.5. The zero-order valence-corrected chi connectivity index (χ0v) is 11.2. The number of aromatic nitrogens is 6. The lowest BCUT2D eigenvalue weighted by Crippen LogP contribution is -2.34. The van der Waals surface area contributed by atoms with Crippen molar-refractivity contribution >= 4 is 0 Å². The topological polar surface area (TPSA) is 64.7 Å². The van der Waals surface area contributed by atoms with Crippen LogP contribution in [0.5, 0.6) is 0 Å². The highest BCUT2D eigenvalue weighted by Gasteiger charge is 2.18. The van der Waals surface area contributed by atoms with Crippen molar-refractivity contribution in [3.05, 3.63) is 24.0 Å². The van der Waals surface area contributed by atoms with Crippen molar-refractivity contribution in [1.82, 2.24) is 34.7 Å². The van der Waals surface area contributed by atoms with Gasteiger partial charge in [0.2, 0.25) is 0 Å². The third-order valence-corrected chi connectivity index (χ3v) is 3.52. The van der Waals surface area contributed by atoms with E-state index in [1.165, 1.54) is 0 Å². The quantitative estimate of drug-likeness (QED) is 0.792. The number of hydrogen-bond donors (Lipinski definition) is 0. The number of rotatable bonds is 5. The van der Waals surface area contributed by atoms with Gasteiger partial charge in [-0.1, -0.05) is 13.3 Å². The van der Waals surface area contributed by atoms with Gasteiger partial charge in [-0.25, -0.2) is 9.67 Å². The molecular weight excluding hydrogens is 242 g/mol. The molecule has 0 saturated heterocycles. The molecular formula is C12H19N7. The molecule has 0 fully saturated rings. The van der Waals surface area contributed by atoms with E-state index in [1.54, 1.807) is 0 Å². The molecule has 0 unspecified atom stereocenters. The predicted molar refractivity (Wildman–Crippen MR) is 69.1 cm³/mol. The van der Waals surface area contributed by atoms with Crippen LogP contribution in [0.15, 0.2) is 12.4 Å². The van der Waals surface area contributed by atoms with Crippen molar-refractivity contribution in [2.45, 2.75) is 45.9 Å². The Morgan fingerprint density at radius 3 is 3.16 bits per heavy atom. The minimum absolute atomic E-state index is 0.795. The van der Waals surface area contributed by atoms with E-state index in [4.69, 9.17) is 0 Å². The summed E-state index contributed by atoms with van der Waals surface area (Å²) in [7, 11) is 0. The second-order valence-corrected chi connectivity index (χ2v) is 4.92. The van der Waals surface area contributed by atoms with Crippen LogP contribution in [0, 0.1) is 0 Å². The van der Waals surface area contributed by atoms with E-state index in [9.17, 15) is 0 Å². The fourth-order valence-corrected chi connectivity index (χ4v) is 2.38. The summed E-state index contributed by atoms with van der Waals surface area (Å²) in [4.78, 5) is 6.71. The fraction of sp³-hybridized carbons (Fsp3) is 0.667. The van der Waals surface area contributed by atoms with Crippen LogP contribution in [0.25, 0.3) is 0 Å². The van der Waals surface area contributed by atoms with Gasteiger partial charge in [-0.2, -0.15) is 0 Å². The van der Waals surface area contributed by atoms with Gasteiger partial charge in [-0.05, 0) is 16.8 Å². The number of nitrogens with zero attached hydrogens (tertiary/aromatic N) is 7. The molecule has 7 heteroatoms. The van der Waals surface area contributed by atoms with Crippen LogP contribution in [-0.2, 0) is 26.2 Å². The van der Waals surface area contributed by atoms with Crippen molar-refractivity contribution in [3.63, 3.8) is 0 Å². The maximum atomic E-state index is 4.37. The summed E-state index contributed by atoms with van der Waals surface area (Å²) in [6.45, 7) is 6.75. The van der Waals surface area contributed by atoms with Gasteiger partial charge in [0, 0.05) is 32.0 Å². The zero-order valence-electron chi connectivity index (χ0n) is 11.2. The Morgan fingerprint density at radius 1 is 1.32 bits per heavy atom. The predicted octanol–water partition coefficient (Wildman–Crippen LogP) is 0.685. The summed E-state index contributed by atoms with van der Waals surface area (Å²) < 4.78 is 4.13. The standard InChI is InChI=1S/C12H19N7/c1-2-3-5-19-12(14-15-16-19)10-17-7-8-18-6-4-13-11(18)9-17/h4,6H,2-3,5,7-10H2,1H3. The van der Waals surface area contributed by atoms with E-state index in [0.29, 0.717) is 0 Å². The van der Waals surface area contributed by atoms with Gasteiger partial charge in [0.05, 0.1) is 13.1 Å². The molecule has 0 aliphatic carbocycles. The van der Waals surface area contributed by atoms with Gasteiger partial charge in [0.25, 0.3) is 0 Å². The summed E-state index contributed by atoms with van der Waals surface area (Å²) in [6, 6.07) is 0. The van der Waals surface area contributed by atoms with Gasteiger partial charge < -0.3 is 4.57 Å². The third-order valence-electron chi connectivity index (χ3n) is 3.52. The van der Waals surface area contributed by atoms with Crippen LogP contribution in [0.1, 0.15) is 31.4 Å². The van der Waals surface area contributed by atoms with Crippen molar-refractivity contribution in [1.29, 1.82) is 0 Å². The fourth-order valence-electron chi connectivity index (χ4n) is 2.38. The Kier molecular flexibility index (Phi) is 3.54. The molecule has 1 aliphatic rings. The smallest absolute Gasteiger partial charge is 0.165 e. The second-order valence-electron chi connectivity index (χ2n) is 4.92. The Morgan fingerprint density at radius 2 is 2.26 bits per heavy atom. The summed E-state index contributed by atoms with van der Waals surface area (Å²) in [5.74, 6) is 2.08. The maximum Gasteiger partial charge on any atom is 0.165 e. The minimum atomic E-state index is 0.795. The van der Waals surface area contributed by atoms with Crippen LogP contribution in [0.4, 0.5) is 0 Å². The molecule has 7 nitrogen and oxygen atoms in total. The molecule has 19 heavy (non-hydrogen) atoms. The highest BCUT2D eigenvalue weighted by Crippen LogP contribution is 2.12. The van der Waals surface area contributed by atoms with Crippen LogP contribution in [0.3, 0.4) is 0 Å². The van der Waals surface area contributed by atoms with E-state index in [2.05, 4.69) is 36.9 Å². The molecule has 0 amide bonds. The molecule has 0 atom stereocenters. The average Bonchev–Trinajstić information content (AvgIpc) is 3.05. The summed E-state index contributed by atoms with van der Waals surface area (Å²) in [6.07, 6.45) is 6.17. The second kappa shape index (κ2) is 5.48. The van der Waals surface area contributed by atoms with E-state index < -0.39 is 0 Å². The molecule has 0 aromatic carbocycles. The number of aryl methyl sites for hydroxylation is 1. The summed E-state index contributed by atoms with van der Waals surface area (Å²) in [5.41, 5.74) is 0. The van der Waals surface area contributed by atoms with Crippen molar-refractivity contribution in [2.24, 2.45) is 0 Å². The molecule has 3 heterocycles. The number of imidazole rings is 1. The molecule has 0 radical (unpaired) electrons. The van der Waals surface area contributed by atoms with E-state index >= 15 is 0 Å². The first-order valence-electron chi connectivity index (χ1n) is 6.84. The van der Waals surface area contributed by atoms with Gasteiger partial charge in [0.1, 0.15) is 5.82 Å². The van der Waals surface area contributed by atoms with Crippen molar-refractivity contribution < 1.29 is 0 Å². The van der Waals surface area contributed by atoms with Gasteiger partial charge in [-0.3, -0.25) is 4.90 Å². The summed E-state index contributed by atoms with van der Waals surface area (Å²) in [5, 5.41) is 12.0. The van der Waals surface area contributed by atoms with Crippen LogP contribution in [-0.4, -0.2) is 41.2 Å². The number of fused-ring (bicyclic) bond motifs is 1. The molecule has 2 aromatic rings. The lowest BCUT2D eigenvalue weighted by molar-refractivity contribution is 0.200. The molecule has 0 spiro atoms. The van der Waals surface area contributed by atoms with E-state index in [0.717, 1.165) is 57.2 Å². The molecule has 3 rings (SSSR count). The molecule has 102 valence electrons. The first-order chi connectivity index (χ1) is 9.36. The Balaban J connectivity index is 1.64. The Labute approximate surface area is 112 Å². The van der Waals surface area contributed by atoms with Crippen LogP contribution >= 0.6 is 0 Å². The minimum Gasteiger partial charge on any atom is -0.333 e. The monoisotopic (exact) mass is 261 g/mol. The summed E-state index contributed by atoms with van der Waals surface area (Å²) >= 11 is 0. The van der Waals surface area contributed by atoms with Crippen LogP contribution < -0.4 is 0 Å². The van der Waals surface area contributed by atoms with E-state index in [1.807, 2.05) is 17.1 Å². The lowest BCUT2D eigenvalue weighted by atomic mass is 10.3. The molecule has 1 aliphatic heterocycles. The van der Waals surface area contributed by atoms with E-state index in [-0.39, 0.29) is 0 Å². The Bertz CT molecular complexity index is 530. The van der Waals surface area contributed by atoms with Crippen molar-refractivity contribution in [2.75, 3.05) is 6.54 Å². The van der Waals surface area contributed by atoms with Gasteiger partial charge in [0.15, 0.2) is 5.82 Å². The molecule has 2 aromatic heterocycles. The first-order valence-corrected chi connectivity index (χ1v) is 6.84. The molecule has 0 bridgehead atoms. The third kappa shape index (κ3) is 2.65. The number of unbranched alkanes of at least 4 members (excludes halogenated alkanes) is 1. The Hall–Kier alpha value is -1.76. The molecule has 0 N–H and O–H groups in total. The first kappa shape index (κ1) is 12.3. The SMILES string of the molecule is CCCCn1nnnc1CN1CCn2ccnc2C1. The zero-order chi connectivity index (χ0) is 13.1. The normalized spacial score (nSPS) is 15.6.